The van der Waals surface area contributed by atoms with Gasteiger partial charge in [0.2, 0.25) is 0 Å². The van der Waals surface area contributed by atoms with Gasteiger partial charge in [-0.15, -0.1) is 11.3 Å². The molecule has 0 spiro atoms. The molecule has 5 heteroatoms. The molecule has 0 unspecified atom stereocenters. The number of carbonyl (C=O) groups excluding carboxylic acids is 1. The van der Waals surface area contributed by atoms with Crippen LogP contribution in [0.15, 0.2) is 22.4 Å². The van der Waals surface area contributed by atoms with Crippen molar-refractivity contribution in [3.8, 4) is 0 Å². The van der Waals surface area contributed by atoms with Crippen LogP contribution in [0, 0.1) is 0 Å². The third kappa shape index (κ3) is 2.27. The minimum absolute atomic E-state index is 0.102. The number of nitrogens with zero attached hydrogens (tertiary/aromatic N) is 1. The van der Waals surface area contributed by atoms with Crippen LogP contribution in [-0.4, -0.2) is 21.2 Å². The van der Waals surface area contributed by atoms with Crippen molar-refractivity contribution in [1.82, 2.24) is 4.90 Å². The van der Waals surface area contributed by atoms with Crippen molar-refractivity contribution in [3.05, 3.63) is 27.3 Å². The second-order valence-corrected chi connectivity index (χ2v) is 7.16. The Morgan fingerprint density at radius 2 is 2.17 bits per heavy atom. The Kier molecular flexibility index (Phi) is 3.54. The summed E-state index contributed by atoms with van der Waals surface area (Å²) in [5.74, 6) is 0.102. The summed E-state index contributed by atoms with van der Waals surface area (Å²) in [6.07, 6.45) is 6.58. The first kappa shape index (κ1) is 12.4. The van der Waals surface area contributed by atoms with E-state index in [0.29, 0.717) is 6.04 Å². The van der Waals surface area contributed by atoms with Crippen LogP contribution < -0.4 is 0 Å². The van der Waals surface area contributed by atoms with Gasteiger partial charge in [0.05, 0.1) is 4.91 Å². The third-order valence-corrected chi connectivity index (χ3v) is 5.48. The summed E-state index contributed by atoms with van der Waals surface area (Å²) in [6, 6.07) is 4.35. The second kappa shape index (κ2) is 5.15. The van der Waals surface area contributed by atoms with E-state index in [1.54, 1.807) is 11.3 Å². The van der Waals surface area contributed by atoms with E-state index in [1.165, 1.54) is 24.6 Å². The Hall–Kier alpha value is -0.650. The highest BCUT2D eigenvalue weighted by Gasteiger charge is 2.37. The van der Waals surface area contributed by atoms with E-state index in [4.69, 9.17) is 12.2 Å². The summed E-state index contributed by atoms with van der Waals surface area (Å²) >= 11 is 8.44. The number of hydrogen-bond acceptors (Lipinski definition) is 4. The van der Waals surface area contributed by atoms with E-state index in [1.807, 2.05) is 28.5 Å². The maximum Gasteiger partial charge on any atom is 0.266 e. The summed E-state index contributed by atoms with van der Waals surface area (Å²) in [7, 11) is 0. The highest BCUT2D eigenvalue weighted by Crippen LogP contribution is 2.38. The average molecular weight is 295 g/mol. The first-order valence-electron chi connectivity index (χ1n) is 6.06. The van der Waals surface area contributed by atoms with E-state index >= 15 is 0 Å². The van der Waals surface area contributed by atoms with E-state index in [9.17, 15) is 4.79 Å². The number of rotatable bonds is 2. The van der Waals surface area contributed by atoms with Crippen molar-refractivity contribution in [2.75, 3.05) is 0 Å². The molecule has 1 aliphatic carbocycles. The zero-order valence-corrected chi connectivity index (χ0v) is 12.2. The first-order chi connectivity index (χ1) is 8.75. The van der Waals surface area contributed by atoms with Crippen LogP contribution in [0.3, 0.4) is 0 Å². The van der Waals surface area contributed by atoms with Crippen molar-refractivity contribution in [1.29, 1.82) is 0 Å². The molecule has 2 nitrogen and oxygen atoms in total. The summed E-state index contributed by atoms with van der Waals surface area (Å²) < 4.78 is 0.731. The molecule has 1 aromatic heterocycles. The SMILES string of the molecule is O=C1C(=Cc2cccs2)SC(=S)N1C1CCCC1. The van der Waals surface area contributed by atoms with Crippen molar-refractivity contribution >= 4 is 51.6 Å². The molecule has 3 rings (SSSR count). The fourth-order valence-corrected chi connectivity index (χ4v) is 4.58. The molecule has 1 amide bonds. The van der Waals surface area contributed by atoms with Crippen LogP contribution in [0.5, 0.6) is 0 Å². The largest absolute Gasteiger partial charge is 0.290 e. The lowest BCUT2D eigenvalue weighted by Crippen LogP contribution is -2.36. The van der Waals surface area contributed by atoms with Crippen LogP contribution in [0.2, 0.25) is 0 Å². The number of thioether (sulfide) groups is 1. The molecule has 1 saturated heterocycles. The molecule has 1 aliphatic heterocycles. The predicted molar refractivity (Wildman–Crippen MR) is 81.6 cm³/mol. The highest BCUT2D eigenvalue weighted by molar-refractivity contribution is 8.26. The molecular formula is C13H13NOS3. The summed E-state index contributed by atoms with van der Waals surface area (Å²) in [5.41, 5.74) is 0. The molecule has 18 heavy (non-hydrogen) atoms. The van der Waals surface area contributed by atoms with Crippen LogP contribution in [-0.2, 0) is 4.79 Å². The minimum atomic E-state index is 0.102. The summed E-state index contributed by atoms with van der Waals surface area (Å²) in [6.45, 7) is 0. The summed E-state index contributed by atoms with van der Waals surface area (Å²) in [4.78, 5) is 16.1. The van der Waals surface area contributed by atoms with Crippen LogP contribution in [0.4, 0.5) is 0 Å². The predicted octanol–water partition coefficient (Wildman–Crippen LogP) is 3.89. The van der Waals surface area contributed by atoms with Gasteiger partial charge < -0.3 is 0 Å². The molecule has 0 atom stereocenters. The molecule has 0 radical (unpaired) electrons. The van der Waals surface area contributed by atoms with Crippen molar-refractivity contribution < 1.29 is 4.79 Å². The fraction of sp³-hybridized carbons (Fsp3) is 0.385. The van der Waals surface area contributed by atoms with Gasteiger partial charge in [0.1, 0.15) is 4.32 Å². The highest BCUT2D eigenvalue weighted by atomic mass is 32.2. The number of carbonyl (C=O) groups is 1. The Morgan fingerprint density at radius 1 is 1.39 bits per heavy atom. The van der Waals surface area contributed by atoms with E-state index < -0.39 is 0 Å². The monoisotopic (exact) mass is 295 g/mol. The van der Waals surface area contributed by atoms with E-state index in [2.05, 4.69) is 0 Å². The molecule has 2 fully saturated rings. The zero-order valence-electron chi connectivity index (χ0n) is 9.80. The van der Waals surface area contributed by atoms with Gasteiger partial charge in [-0.1, -0.05) is 42.9 Å². The Bertz CT molecular complexity index is 500. The number of hydrogen-bond donors (Lipinski definition) is 0. The summed E-state index contributed by atoms with van der Waals surface area (Å²) in [5, 5.41) is 2.02. The fourth-order valence-electron chi connectivity index (χ4n) is 2.46. The molecule has 2 heterocycles. The van der Waals surface area contributed by atoms with Crippen LogP contribution >= 0.6 is 35.3 Å². The lowest BCUT2D eigenvalue weighted by molar-refractivity contribution is -0.123. The lowest BCUT2D eigenvalue weighted by atomic mass is 10.2. The average Bonchev–Trinajstić information content (AvgIpc) is 3.03. The molecule has 0 bridgehead atoms. The molecule has 1 aromatic rings. The van der Waals surface area contributed by atoms with E-state index in [0.717, 1.165) is 26.9 Å². The van der Waals surface area contributed by atoms with Crippen molar-refractivity contribution in [3.63, 3.8) is 0 Å². The molecular weight excluding hydrogens is 282 g/mol. The maximum absolute atomic E-state index is 12.4. The van der Waals surface area contributed by atoms with Gasteiger partial charge in [-0.25, -0.2) is 0 Å². The standard InChI is InChI=1S/C13H13NOS3/c15-12-11(8-10-6-3-7-17-10)18-13(16)14(12)9-4-1-2-5-9/h3,6-9H,1-2,4-5H2. The van der Waals surface area contributed by atoms with Gasteiger partial charge in [-0.05, 0) is 30.4 Å². The molecule has 94 valence electrons. The van der Waals surface area contributed by atoms with Gasteiger partial charge in [0, 0.05) is 10.9 Å². The Balaban J connectivity index is 1.84. The zero-order chi connectivity index (χ0) is 12.5. The molecule has 0 aromatic carbocycles. The smallest absolute Gasteiger partial charge is 0.266 e. The number of thiocarbonyl (C=S) groups is 1. The third-order valence-electron chi connectivity index (χ3n) is 3.33. The minimum Gasteiger partial charge on any atom is -0.290 e. The van der Waals surface area contributed by atoms with E-state index in [-0.39, 0.29) is 5.91 Å². The Labute approximate surface area is 120 Å². The van der Waals surface area contributed by atoms with Gasteiger partial charge in [0.15, 0.2) is 0 Å². The topological polar surface area (TPSA) is 20.3 Å². The van der Waals surface area contributed by atoms with Crippen molar-refractivity contribution in [2.24, 2.45) is 0 Å². The first-order valence-corrected chi connectivity index (χ1v) is 8.17. The lowest BCUT2D eigenvalue weighted by Gasteiger charge is -2.21. The second-order valence-electron chi connectivity index (χ2n) is 4.51. The van der Waals surface area contributed by atoms with Crippen LogP contribution in [0.25, 0.3) is 6.08 Å². The molecule has 2 aliphatic rings. The number of amides is 1. The molecule has 1 saturated carbocycles. The normalized spacial score (nSPS) is 23.6. The Morgan fingerprint density at radius 3 is 2.83 bits per heavy atom. The van der Waals surface area contributed by atoms with Gasteiger partial charge in [-0.3, -0.25) is 9.69 Å². The van der Waals surface area contributed by atoms with Crippen LogP contribution in [0.1, 0.15) is 30.6 Å². The molecule has 0 N–H and O–H groups in total. The van der Waals surface area contributed by atoms with Gasteiger partial charge in [0.25, 0.3) is 5.91 Å². The quantitative estimate of drug-likeness (QED) is 0.610. The van der Waals surface area contributed by atoms with Gasteiger partial charge in [-0.2, -0.15) is 0 Å². The number of thiophene rings is 1. The van der Waals surface area contributed by atoms with Crippen molar-refractivity contribution in [2.45, 2.75) is 31.7 Å². The van der Waals surface area contributed by atoms with Gasteiger partial charge >= 0.3 is 0 Å². The maximum atomic E-state index is 12.4.